The first-order valence-electron chi connectivity index (χ1n) is 10.1. The number of rotatable bonds is 5. The zero-order valence-corrected chi connectivity index (χ0v) is 18.3. The Kier molecular flexibility index (Phi) is 5.86. The summed E-state index contributed by atoms with van der Waals surface area (Å²) < 4.78 is 12.0. The van der Waals surface area contributed by atoms with Gasteiger partial charge in [-0.3, -0.25) is 4.68 Å². The minimum Gasteiger partial charge on any atom is -0.467 e. The molecule has 160 valence electrons. The van der Waals surface area contributed by atoms with Crippen molar-refractivity contribution in [2.45, 2.75) is 19.9 Å². The molecule has 32 heavy (non-hydrogen) atoms. The molecule has 0 saturated carbocycles. The Bertz CT molecular complexity index is 1350. The number of carbonyl (C=O) groups is 1. The van der Waals surface area contributed by atoms with Crippen LogP contribution in [0.15, 0.2) is 54.9 Å². The van der Waals surface area contributed by atoms with Gasteiger partial charge in [0.15, 0.2) is 0 Å². The molecule has 0 N–H and O–H groups in total. The summed E-state index contributed by atoms with van der Waals surface area (Å²) in [5, 5.41) is 5.42. The van der Waals surface area contributed by atoms with Gasteiger partial charge >= 0.3 is 12.0 Å². The number of carbonyl (C=O) groups excluding carboxylic acids is 1. The van der Waals surface area contributed by atoms with E-state index in [0.29, 0.717) is 17.1 Å². The average molecular weight is 426 g/mol. The van der Waals surface area contributed by atoms with Crippen molar-refractivity contribution < 1.29 is 14.3 Å². The molecule has 0 unspecified atom stereocenters. The van der Waals surface area contributed by atoms with Gasteiger partial charge in [0.1, 0.15) is 0 Å². The number of aromatic nitrogens is 4. The summed E-state index contributed by atoms with van der Waals surface area (Å²) in [6.45, 7) is 3.82. The van der Waals surface area contributed by atoms with E-state index in [2.05, 4.69) is 26.9 Å². The van der Waals surface area contributed by atoms with Gasteiger partial charge in [0.25, 0.3) is 0 Å². The van der Waals surface area contributed by atoms with Gasteiger partial charge in [-0.2, -0.15) is 10.1 Å². The third-order valence-corrected chi connectivity index (χ3v) is 5.29. The molecule has 0 saturated heterocycles. The molecule has 7 nitrogen and oxygen atoms in total. The van der Waals surface area contributed by atoms with E-state index in [4.69, 9.17) is 9.47 Å². The molecule has 0 aliphatic carbocycles. The van der Waals surface area contributed by atoms with Crippen LogP contribution in [0.1, 0.15) is 41.4 Å². The maximum atomic E-state index is 12.4. The van der Waals surface area contributed by atoms with Gasteiger partial charge in [-0.05, 0) is 37.6 Å². The molecule has 0 amide bonds. The zero-order valence-electron chi connectivity index (χ0n) is 18.3. The largest absolute Gasteiger partial charge is 0.467 e. The van der Waals surface area contributed by atoms with Crippen LogP contribution in [0.4, 0.5) is 0 Å². The normalized spacial score (nSPS) is 11.5. The van der Waals surface area contributed by atoms with Gasteiger partial charge in [-0.25, -0.2) is 9.78 Å². The number of ether oxygens (including phenoxy) is 2. The third kappa shape index (κ3) is 3.79. The van der Waals surface area contributed by atoms with Crippen LogP contribution in [0.25, 0.3) is 22.2 Å². The Labute approximate surface area is 186 Å². The van der Waals surface area contributed by atoms with Gasteiger partial charge in [0.05, 0.1) is 43.2 Å². The van der Waals surface area contributed by atoms with Crippen molar-refractivity contribution in [2.24, 2.45) is 0 Å². The first-order chi connectivity index (χ1) is 15.6. The SMILES string of the molecule is CC#Cc1ccc(C(=O)OC)c2c1cnn2[C@@H](C)c1ccc(-c2ccnc(OC)n2)cc1. The highest BCUT2D eigenvalue weighted by Crippen LogP contribution is 2.29. The van der Waals surface area contributed by atoms with Crippen LogP contribution in [0.3, 0.4) is 0 Å². The second kappa shape index (κ2) is 8.90. The standard InChI is InChI=1S/C25H22N4O3/c1-5-6-18-11-12-20(24(30)31-3)23-21(18)15-27-29(23)16(2)17-7-9-19(10-8-17)22-13-14-26-25(28-22)32-4/h7-16H,1-4H3/t16-/m0/s1. The number of hydrogen-bond acceptors (Lipinski definition) is 6. The van der Waals surface area contributed by atoms with E-state index in [9.17, 15) is 4.79 Å². The quantitative estimate of drug-likeness (QED) is 0.350. The fourth-order valence-electron chi connectivity index (χ4n) is 3.65. The zero-order chi connectivity index (χ0) is 22.7. The fourth-order valence-corrected chi connectivity index (χ4v) is 3.65. The predicted octanol–water partition coefficient (Wildman–Crippen LogP) is 4.27. The Morgan fingerprint density at radius 2 is 1.88 bits per heavy atom. The highest BCUT2D eigenvalue weighted by molar-refractivity contribution is 6.04. The van der Waals surface area contributed by atoms with E-state index in [1.807, 2.05) is 48.0 Å². The highest BCUT2D eigenvalue weighted by atomic mass is 16.5. The number of benzene rings is 2. The topological polar surface area (TPSA) is 79.1 Å². The Hall–Kier alpha value is -4.18. The van der Waals surface area contributed by atoms with E-state index in [1.54, 1.807) is 32.5 Å². The maximum absolute atomic E-state index is 12.4. The molecule has 0 spiro atoms. The minimum absolute atomic E-state index is 0.130. The molecule has 0 radical (unpaired) electrons. The van der Waals surface area contributed by atoms with Crippen LogP contribution >= 0.6 is 0 Å². The molecule has 2 heterocycles. The minimum atomic E-state index is -0.409. The molecular weight excluding hydrogens is 404 g/mol. The lowest BCUT2D eigenvalue weighted by molar-refractivity contribution is 0.0602. The van der Waals surface area contributed by atoms with Gasteiger partial charge < -0.3 is 9.47 Å². The second-order valence-corrected chi connectivity index (χ2v) is 7.11. The van der Waals surface area contributed by atoms with Gasteiger partial charge in [-0.15, -0.1) is 5.92 Å². The lowest BCUT2D eigenvalue weighted by atomic mass is 10.0. The summed E-state index contributed by atoms with van der Waals surface area (Å²) in [5.74, 6) is 5.59. The predicted molar refractivity (Wildman–Crippen MR) is 121 cm³/mol. The number of hydrogen-bond donors (Lipinski definition) is 0. The summed E-state index contributed by atoms with van der Waals surface area (Å²) >= 11 is 0. The summed E-state index contributed by atoms with van der Waals surface area (Å²) in [7, 11) is 2.91. The van der Waals surface area contributed by atoms with E-state index in [1.165, 1.54) is 7.11 Å². The molecule has 2 aromatic heterocycles. The lowest BCUT2D eigenvalue weighted by Crippen LogP contribution is -2.12. The van der Waals surface area contributed by atoms with Crippen molar-refractivity contribution in [1.82, 2.24) is 19.7 Å². The van der Waals surface area contributed by atoms with Crippen molar-refractivity contribution >= 4 is 16.9 Å². The van der Waals surface area contributed by atoms with E-state index in [0.717, 1.165) is 27.8 Å². The summed E-state index contributed by atoms with van der Waals surface area (Å²) in [6.07, 6.45) is 3.41. The van der Waals surface area contributed by atoms with Gasteiger partial charge in [0.2, 0.25) is 0 Å². The van der Waals surface area contributed by atoms with Crippen LogP contribution in [-0.2, 0) is 4.74 Å². The first kappa shape index (κ1) is 21.1. The van der Waals surface area contributed by atoms with Crippen LogP contribution in [0.5, 0.6) is 6.01 Å². The van der Waals surface area contributed by atoms with E-state index >= 15 is 0 Å². The smallest absolute Gasteiger partial charge is 0.340 e. The Morgan fingerprint density at radius 3 is 2.56 bits per heavy atom. The molecule has 2 aromatic carbocycles. The number of fused-ring (bicyclic) bond motifs is 1. The van der Waals surface area contributed by atoms with Crippen molar-refractivity contribution in [3.8, 4) is 29.1 Å². The average Bonchev–Trinajstić information content (AvgIpc) is 3.29. The van der Waals surface area contributed by atoms with Crippen molar-refractivity contribution in [1.29, 1.82) is 0 Å². The molecule has 4 rings (SSSR count). The molecule has 0 aliphatic heterocycles. The molecular formula is C25H22N4O3. The Balaban J connectivity index is 1.76. The van der Waals surface area contributed by atoms with Crippen molar-refractivity contribution in [2.75, 3.05) is 14.2 Å². The van der Waals surface area contributed by atoms with Gasteiger partial charge in [0, 0.05) is 22.7 Å². The van der Waals surface area contributed by atoms with Crippen LogP contribution in [0, 0.1) is 11.8 Å². The summed E-state index contributed by atoms with van der Waals surface area (Å²) in [6, 6.07) is 13.6. The molecule has 7 heteroatoms. The molecule has 0 aliphatic rings. The first-order valence-corrected chi connectivity index (χ1v) is 10.1. The van der Waals surface area contributed by atoms with Crippen LogP contribution < -0.4 is 4.74 Å². The number of methoxy groups -OCH3 is 2. The monoisotopic (exact) mass is 426 g/mol. The van der Waals surface area contributed by atoms with Crippen molar-refractivity contribution in [3.05, 3.63) is 71.5 Å². The van der Waals surface area contributed by atoms with Crippen LogP contribution in [0.2, 0.25) is 0 Å². The maximum Gasteiger partial charge on any atom is 0.340 e. The fraction of sp³-hybridized carbons (Fsp3) is 0.200. The highest BCUT2D eigenvalue weighted by Gasteiger charge is 2.20. The molecule has 0 bridgehead atoms. The number of nitrogens with zero attached hydrogens (tertiary/aromatic N) is 4. The van der Waals surface area contributed by atoms with Gasteiger partial charge in [-0.1, -0.05) is 30.2 Å². The van der Waals surface area contributed by atoms with E-state index in [-0.39, 0.29) is 6.04 Å². The summed E-state index contributed by atoms with van der Waals surface area (Å²) in [5.41, 5.74) is 4.73. The third-order valence-electron chi connectivity index (χ3n) is 5.29. The van der Waals surface area contributed by atoms with Crippen molar-refractivity contribution in [3.63, 3.8) is 0 Å². The molecule has 1 atom stereocenters. The summed E-state index contributed by atoms with van der Waals surface area (Å²) in [4.78, 5) is 20.9. The van der Waals surface area contributed by atoms with E-state index < -0.39 is 5.97 Å². The number of esters is 1. The molecule has 0 fully saturated rings. The Morgan fingerprint density at radius 1 is 1.09 bits per heavy atom. The second-order valence-electron chi connectivity index (χ2n) is 7.11. The lowest BCUT2D eigenvalue weighted by Gasteiger charge is -2.16. The van der Waals surface area contributed by atoms with Crippen LogP contribution in [-0.4, -0.2) is 39.9 Å². The molecule has 4 aromatic rings.